The Kier molecular flexibility index (Phi) is 9.54. The SMILES string of the molecule is COc1ccc(Br)c2c(-c3ccccc3Cl)c(C(=O)NN=Cc3cc(Br)cc(Br)c3OC(=O)c3ccc(Br)cc3)[nH]c12. The van der Waals surface area contributed by atoms with Crippen molar-refractivity contribution in [2.75, 3.05) is 7.11 Å². The number of ether oxygens (including phenoxy) is 2. The Morgan fingerprint density at radius 2 is 1.67 bits per heavy atom. The van der Waals surface area contributed by atoms with E-state index >= 15 is 0 Å². The lowest BCUT2D eigenvalue weighted by atomic mass is 10.0. The highest BCUT2D eigenvalue weighted by Crippen LogP contribution is 2.43. The van der Waals surface area contributed by atoms with Crippen LogP contribution in [0.15, 0.2) is 95.8 Å². The fourth-order valence-electron chi connectivity index (χ4n) is 4.25. The summed E-state index contributed by atoms with van der Waals surface area (Å²) in [4.78, 5) is 29.6. The Bertz CT molecular complexity index is 1870. The van der Waals surface area contributed by atoms with Crippen LogP contribution in [0.2, 0.25) is 5.02 Å². The Morgan fingerprint density at radius 3 is 2.38 bits per heavy atom. The van der Waals surface area contributed by atoms with E-state index in [9.17, 15) is 9.59 Å². The molecule has 42 heavy (non-hydrogen) atoms. The number of benzene rings is 4. The monoisotopic (exact) mass is 835 g/mol. The van der Waals surface area contributed by atoms with Gasteiger partial charge in [0, 0.05) is 40.5 Å². The van der Waals surface area contributed by atoms with Gasteiger partial charge in [-0.3, -0.25) is 4.79 Å². The van der Waals surface area contributed by atoms with Crippen LogP contribution in [0.1, 0.15) is 26.4 Å². The summed E-state index contributed by atoms with van der Waals surface area (Å²) in [5, 5.41) is 5.39. The molecule has 212 valence electrons. The van der Waals surface area contributed by atoms with Crippen LogP contribution >= 0.6 is 75.3 Å². The zero-order valence-corrected chi connectivity index (χ0v) is 28.6. The summed E-state index contributed by atoms with van der Waals surface area (Å²) in [6.07, 6.45) is 1.39. The molecule has 1 amide bonds. The average molecular weight is 840 g/mol. The van der Waals surface area contributed by atoms with Crippen LogP contribution in [-0.2, 0) is 0 Å². The van der Waals surface area contributed by atoms with Crippen LogP contribution in [-0.4, -0.2) is 30.2 Å². The molecule has 0 aliphatic carbocycles. The molecule has 1 heterocycles. The van der Waals surface area contributed by atoms with Crippen LogP contribution in [0.5, 0.6) is 11.5 Å². The number of rotatable bonds is 7. The molecule has 0 saturated carbocycles. The summed E-state index contributed by atoms with van der Waals surface area (Å²) in [5.41, 5.74) is 5.49. The van der Waals surface area contributed by atoms with Crippen molar-refractivity contribution in [1.82, 2.24) is 10.4 Å². The Balaban J connectivity index is 1.49. The highest BCUT2D eigenvalue weighted by Gasteiger charge is 2.24. The van der Waals surface area contributed by atoms with Gasteiger partial charge in [-0.2, -0.15) is 5.10 Å². The number of carbonyl (C=O) groups is 2. The molecule has 0 spiro atoms. The molecule has 0 bridgehead atoms. The quantitative estimate of drug-likeness (QED) is 0.0740. The number of amides is 1. The fourth-order valence-corrected chi connectivity index (χ4v) is 6.61. The smallest absolute Gasteiger partial charge is 0.343 e. The minimum atomic E-state index is -0.550. The molecule has 0 saturated heterocycles. The standard InChI is InChI=1S/C30H18Br4ClN3O4/c1-41-23-11-10-20(33)25-24(19-4-2-3-5-22(19)35)27(37-26(23)25)29(39)38-36-14-16-12-18(32)13-21(34)28(16)42-30(40)15-6-8-17(31)9-7-15/h2-14,37H,1H3,(H,38,39). The number of nitrogens with zero attached hydrogens (tertiary/aromatic N) is 1. The summed E-state index contributed by atoms with van der Waals surface area (Å²) in [6, 6.07) is 21.1. The number of aromatic amines is 1. The van der Waals surface area contributed by atoms with Crippen molar-refractivity contribution in [1.29, 1.82) is 0 Å². The van der Waals surface area contributed by atoms with E-state index in [4.69, 9.17) is 21.1 Å². The third-order valence-electron chi connectivity index (χ3n) is 6.14. The van der Waals surface area contributed by atoms with Gasteiger partial charge in [0.25, 0.3) is 5.91 Å². The zero-order valence-electron chi connectivity index (χ0n) is 21.5. The third kappa shape index (κ3) is 6.35. The molecule has 12 heteroatoms. The lowest BCUT2D eigenvalue weighted by molar-refractivity contribution is 0.0732. The van der Waals surface area contributed by atoms with Gasteiger partial charge in [0.1, 0.15) is 11.4 Å². The molecule has 5 rings (SSSR count). The molecule has 0 aliphatic rings. The Hall–Kier alpha value is -2.96. The molecule has 4 aromatic carbocycles. The summed E-state index contributed by atoms with van der Waals surface area (Å²) in [6.45, 7) is 0. The molecule has 0 radical (unpaired) electrons. The number of H-pyrrole nitrogens is 1. The number of hydrogen-bond acceptors (Lipinski definition) is 5. The number of hydrazone groups is 1. The van der Waals surface area contributed by atoms with Gasteiger partial charge in [-0.05, 0) is 70.5 Å². The van der Waals surface area contributed by atoms with Crippen molar-refractivity contribution in [2.45, 2.75) is 0 Å². The molecule has 0 unspecified atom stereocenters. The second kappa shape index (κ2) is 13.1. The molecule has 0 aliphatic heterocycles. The van der Waals surface area contributed by atoms with Crippen LogP contribution < -0.4 is 14.9 Å². The van der Waals surface area contributed by atoms with Crippen molar-refractivity contribution in [3.05, 3.63) is 113 Å². The van der Waals surface area contributed by atoms with E-state index in [-0.39, 0.29) is 11.4 Å². The van der Waals surface area contributed by atoms with Crippen molar-refractivity contribution < 1.29 is 19.1 Å². The van der Waals surface area contributed by atoms with Crippen molar-refractivity contribution >= 4 is 104 Å². The number of fused-ring (bicyclic) bond motifs is 1. The van der Waals surface area contributed by atoms with Gasteiger partial charge in [0.15, 0.2) is 5.75 Å². The predicted molar refractivity (Wildman–Crippen MR) is 179 cm³/mol. The van der Waals surface area contributed by atoms with E-state index < -0.39 is 11.9 Å². The van der Waals surface area contributed by atoms with Gasteiger partial charge in [0.2, 0.25) is 0 Å². The van der Waals surface area contributed by atoms with Gasteiger partial charge in [-0.1, -0.05) is 77.6 Å². The van der Waals surface area contributed by atoms with Gasteiger partial charge in [-0.15, -0.1) is 0 Å². The average Bonchev–Trinajstić information content (AvgIpc) is 3.37. The van der Waals surface area contributed by atoms with E-state index in [0.29, 0.717) is 47.5 Å². The Labute approximate surface area is 279 Å². The minimum Gasteiger partial charge on any atom is -0.495 e. The lowest BCUT2D eigenvalue weighted by Crippen LogP contribution is -2.19. The van der Waals surface area contributed by atoms with Crippen LogP contribution in [0.4, 0.5) is 0 Å². The van der Waals surface area contributed by atoms with Gasteiger partial charge in [-0.25, -0.2) is 10.2 Å². The number of aromatic nitrogens is 1. The molecule has 5 aromatic rings. The molecule has 1 aromatic heterocycles. The van der Waals surface area contributed by atoms with E-state index in [1.165, 1.54) is 6.21 Å². The van der Waals surface area contributed by atoms with Gasteiger partial charge >= 0.3 is 5.97 Å². The second-order valence-corrected chi connectivity index (χ2v) is 12.7. The zero-order chi connectivity index (χ0) is 30.0. The minimum absolute atomic E-state index is 0.234. The highest BCUT2D eigenvalue weighted by atomic mass is 79.9. The van der Waals surface area contributed by atoms with Gasteiger partial charge in [0.05, 0.1) is 28.9 Å². The summed E-state index contributed by atoms with van der Waals surface area (Å²) in [5.74, 6) is -0.277. The molecule has 7 nitrogen and oxygen atoms in total. The first-order valence-corrected chi connectivity index (χ1v) is 15.7. The van der Waals surface area contributed by atoms with E-state index in [1.807, 2.05) is 24.3 Å². The largest absolute Gasteiger partial charge is 0.495 e. The van der Waals surface area contributed by atoms with Gasteiger partial charge < -0.3 is 14.5 Å². The summed E-state index contributed by atoms with van der Waals surface area (Å²) >= 11 is 20.4. The Morgan fingerprint density at radius 1 is 0.929 bits per heavy atom. The lowest BCUT2D eigenvalue weighted by Gasteiger charge is -2.11. The second-order valence-electron chi connectivity index (χ2n) is 8.76. The maximum absolute atomic E-state index is 13.6. The van der Waals surface area contributed by atoms with E-state index in [0.717, 1.165) is 14.3 Å². The number of nitrogens with one attached hydrogen (secondary N) is 2. The highest BCUT2D eigenvalue weighted by molar-refractivity contribution is 9.11. The van der Waals surface area contributed by atoms with Crippen LogP contribution in [0.3, 0.4) is 0 Å². The fraction of sp³-hybridized carbons (Fsp3) is 0.0333. The van der Waals surface area contributed by atoms with Crippen molar-refractivity contribution in [3.63, 3.8) is 0 Å². The van der Waals surface area contributed by atoms with Crippen LogP contribution in [0.25, 0.3) is 22.0 Å². The van der Waals surface area contributed by atoms with E-state index in [2.05, 4.69) is 79.2 Å². The van der Waals surface area contributed by atoms with Crippen LogP contribution in [0, 0.1) is 0 Å². The molecular formula is C30H18Br4ClN3O4. The number of hydrogen-bond donors (Lipinski definition) is 2. The number of esters is 1. The molecule has 0 atom stereocenters. The van der Waals surface area contributed by atoms with E-state index in [1.54, 1.807) is 55.6 Å². The molecule has 2 N–H and O–H groups in total. The topological polar surface area (TPSA) is 92.8 Å². The van der Waals surface area contributed by atoms with Crippen molar-refractivity contribution in [2.24, 2.45) is 5.10 Å². The number of methoxy groups -OCH3 is 1. The normalized spacial score (nSPS) is 11.2. The number of carbonyl (C=O) groups excluding carboxylic acids is 2. The first kappa shape index (κ1) is 30.5. The molecular weight excluding hydrogens is 821 g/mol. The first-order valence-electron chi connectivity index (χ1n) is 12.1. The predicted octanol–water partition coefficient (Wildman–Crippen LogP) is 9.53. The maximum Gasteiger partial charge on any atom is 0.343 e. The molecule has 0 fully saturated rings. The third-order valence-corrected chi connectivity index (χ3v) is 8.70. The first-order chi connectivity index (χ1) is 20.2. The summed E-state index contributed by atoms with van der Waals surface area (Å²) < 4.78 is 14.1. The number of halogens is 5. The van der Waals surface area contributed by atoms with Crippen molar-refractivity contribution in [3.8, 4) is 22.6 Å². The summed E-state index contributed by atoms with van der Waals surface area (Å²) in [7, 11) is 1.56. The maximum atomic E-state index is 13.6.